The highest BCUT2D eigenvalue weighted by atomic mass is 79.9. The van der Waals surface area contributed by atoms with Crippen LogP contribution in [0.1, 0.15) is 37.0 Å². The van der Waals surface area contributed by atoms with E-state index >= 15 is 0 Å². The standard InChI is InChI=1S/C14H17BrN2O3/c1-14(2)4-3-5-17(11(14)13(19)20)12(18)9-6-10(15)8-16-7-9/h6-8,11H,3-5H2,1-2H3,(H,19,20). The lowest BCUT2D eigenvalue weighted by molar-refractivity contribution is -0.148. The van der Waals surface area contributed by atoms with E-state index in [1.807, 2.05) is 13.8 Å². The molecule has 0 bridgehead atoms. The first-order valence-corrected chi connectivity index (χ1v) is 7.26. The van der Waals surface area contributed by atoms with Gasteiger partial charge < -0.3 is 10.0 Å². The smallest absolute Gasteiger partial charge is 0.326 e. The Hall–Kier alpha value is -1.43. The molecule has 0 aliphatic carbocycles. The molecule has 1 aromatic heterocycles. The molecule has 0 saturated carbocycles. The lowest BCUT2D eigenvalue weighted by Crippen LogP contribution is -2.56. The second-order valence-corrected chi connectivity index (χ2v) is 6.64. The molecule has 1 aromatic rings. The molecular formula is C14H17BrN2O3. The van der Waals surface area contributed by atoms with Gasteiger partial charge in [0, 0.05) is 23.4 Å². The van der Waals surface area contributed by atoms with E-state index in [1.54, 1.807) is 12.3 Å². The van der Waals surface area contributed by atoms with E-state index in [-0.39, 0.29) is 5.91 Å². The minimum Gasteiger partial charge on any atom is -0.480 e. The molecule has 1 aliphatic rings. The van der Waals surface area contributed by atoms with E-state index in [0.29, 0.717) is 16.6 Å². The third-order valence-electron chi connectivity index (χ3n) is 3.72. The summed E-state index contributed by atoms with van der Waals surface area (Å²) < 4.78 is 0.700. The molecule has 6 heteroatoms. The van der Waals surface area contributed by atoms with Gasteiger partial charge >= 0.3 is 5.97 Å². The summed E-state index contributed by atoms with van der Waals surface area (Å²) in [5.41, 5.74) is -0.0255. The molecule has 1 atom stereocenters. The Morgan fingerprint density at radius 1 is 1.45 bits per heavy atom. The Balaban J connectivity index is 2.34. The van der Waals surface area contributed by atoms with Gasteiger partial charge in [-0.3, -0.25) is 9.78 Å². The first kappa shape index (κ1) is 15.0. The molecule has 1 fully saturated rings. The number of halogens is 1. The maximum atomic E-state index is 12.6. The van der Waals surface area contributed by atoms with Crippen LogP contribution in [-0.4, -0.2) is 39.5 Å². The minimum absolute atomic E-state index is 0.279. The summed E-state index contributed by atoms with van der Waals surface area (Å²) in [6.45, 7) is 4.25. The van der Waals surface area contributed by atoms with E-state index in [9.17, 15) is 14.7 Å². The van der Waals surface area contributed by atoms with E-state index in [0.717, 1.165) is 12.8 Å². The zero-order valence-electron chi connectivity index (χ0n) is 11.5. The van der Waals surface area contributed by atoms with E-state index < -0.39 is 17.4 Å². The normalized spacial score (nSPS) is 21.6. The number of aromatic nitrogens is 1. The van der Waals surface area contributed by atoms with Crippen molar-refractivity contribution in [2.24, 2.45) is 5.41 Å². The van der Waals surface area contributed by atoms with Crippen LogP contribution >= 0.6 is 15.9 Å². The average molecular weight is 341 g/mol. The van der Waals surface area contributed by atoms with Crippen LogP contribution in [0.5, 0.6) is 0 Å². The van der Waals surface area contributed by atoms with Crippen LogP contribution in [0.25, 0.3) is 0 Å². The average Bonchev–Trinajstić information content (AvgIpc) is 2.35. The van der Waals surface area contributed by atoms with Crippen molar-refractivity contribution in [2.45, 2.75) is 32.7 Å². The number of carbonyl (C=O) groups excluding carboxylic acids is 1. The number of piperidine rings is 1. The number of amides is 1. The summed E-state index contributed by atoms with van der Waals surface area (Å²) >= 11 is 3.27. The van der Waals surface area contributed by atoms with Crippen molar-refractivity contribution in [3.8, 4) is 0 Å². The second-order valence-electron chi connectivity index (χ2n) is 5.72. The Morgan fingerprint density at radius 3 is 2.75 bits per heavy atom. The van der Waals surface area contributed by atoms with Crippen molar-refractivity contribution in [1.82, 2.24) is 9.88 Å². The molecule has 0 radical (unpaired) electrons. The first-order chi connectivity index (χ1) is 9.33. The molecular weight excluding hydrogens is 324 g/mol. The highest BCUT2D eigenvalue weighted by Crippen LogP contribution is 2.36. The van der Waals surface area contributed by atoms with Crippen LogP contribution in [-0.2, 0) is 4.79 Å². The summed E-state index contributed by atoms with van der Waals surface area (Å²) in [6.07, 6.45) is 4.66. The van der Waals surface area contributed by atoms with Crippen LogP contribution in [0, 0.1) is 5.41 Å². The van der Waals surface area contributed by atoms with Crippen molar-refractivity contribution < 1.29 is 14.7 Å². The number of carboxylic acids is 1. The molecule has 0 aromatic carbocycles. The van der Waals surface area contributed by atoms with Gasteiger partial charge in [-0.25, -0.2) is 4.79 Å². The molecule has 2 heterocycles. The zero-order valence-corrected chi connectivity index (χ0v) is 13.1. The molecule has 1 amide bonds. The van der Waals surface area contributed by atoms with Crippen LogP contribution in [0.15, 0.2) is 22.9 Å². The van der Waals surface area contributed by atoms with Crippen LogP contribution in [0.4, 0.5) is 0 Å². The van der Waals surface area contributed by atoms with Crippen LogP contribution < -0.4 is 0 Å². The monoisotopic (exact) mass is 340 g/mol. The minimum atomic E-state index is -0.953. The molecule has 5 nitrogen and oxygen atoms in total. The van der Waals surface area contributed by atoms with Gasteiger partial charge in [0.25, 0.3) is 5.91 Å². The number of pyridine rings is 1. The fraction of sp³-hybridized carbons (Fsp3) is 0.500. The predicted molar refractivity (Wildman–Crippen MR) is 77.4 cm³/mol. The number of hydrogen-bond donors (Lipinski definition) is 1. The summed E-state index contributed by atoms with van der Waals surface area (Å²) in [5, 5.41) is 9.48. The Morgan fingerprint density at radius 2 is 2.15 bits per heavy atom. The largest absolute Gasteiger partial charge is 0.480 e. The van der Waals surface area contributed by atoms with Gasteiger partial charge in [0.1, 0.15) is 6.04 Å². The molecule has 1 aliphatic heterocycles. The summed E-state index contributed by atoms with van der Waals surface area (Å²) in [7, 11) is 0. The summed E-state index contributed by atoms with van der Waals surface area (Å²) in [5.74, 6) is -1.23. The number of aliphatic carboxylic acids is 1. The molecule has 108 valence electrons. The third-order valence-corrected chi connectivity index (χ3v) is 4.15. The van der Waals surface area contributed by atoms with Crippen molar-refractivity contribution in [3.05, 3.63) is 28.5 Å². The van der Waals surface area contributed by atoms with E-state index in [4.69, 9.17) is 0 Å². The van der Waals surface area contributed by atoms with E-state index in [2.05, 4.69) is 20.9 Å². The van der Waals surface area contributed by atoms with Crippen molar-refractivity contribution in [2.75, 3.05) is 6.54 Å². The number of carboxylic acid groups (broad SMARTS) is 1. The Kier molecular flexibility index (Phi) is 4.13. The predicted octanol–water partition coefficient (Wildman–Crippen LogP) is 2.56. The highest BCUT2D eigenvalue weighted by molar-refractivity contribution is 9.10. The molecule has 1 saturated heterocycles. The number of likely N-dealkylation sites (tertiary alicyclic amines) is 1. The summed E-state index contributed by atoms with van der Waals surface area (Å²) in [4.78, 5) is 29.5. The molecule has 0 spiro atoms. The van der Waals surface area contributed by atoms with Crippen LogP contribution in [0.2, 0.25) is 0 Å². The van der Waals surface area contributed by atoms with E-state index in [1.165, 1.54) is 11.1 Å². The number of nitrogens with zero attached hydrogens (tertiary/aromatic N) is 2. The maximum Gasteiger partial charge on any atom is 0.326 e. The molecule has 1 unspecified atom stereocenters. The molecule has 1 N–H and O–H groups in total. The number of carbonyl (C=O) groups is 2. The number of rotatable bonds is 2. The van der Waals surface area contributed by atoms with Gasteiger partial charge in [-0.2, -0.15) is 0 Å². The van der Waals surface area contributed by atoms with Gasteiger partial charge in [0.05, 0.1) is 5.56 Å². The lowest BCUT2D eigenvalue weighted by atomic mass is 9.76. The second kappa shape index (κ2) is 5.52. The van der Waals surface area contributed by atoms with Gasteiger partial charge in [0.15, 0.2) is 0 Å². The molecule has 2 rings (SSSR count). The lowest BCUT2D eigenvalue weighted by Gasteiger charge is -2.43. The number of hydrogen-bond acceptors (Lipinski definition) is 3. The first-order valence-electron chi connectivity index (χ1n) is 6.47. The maximum absolute atomic E-state index is 12.6. The third kappa shape index (κ3) is 2.85. The fourth-order valence-electron chi connectivity index (χ4n) is 2.77. The quantitative estimate of drug-likeness (QED) is 0.898. The molecule has 20 heavy (non-hydrogen) atoms. The highest BCUT2D eigenvalue weighted by Gasteiger charge is 2.44. The van der Waals surface area contributed by atoms with Crippen molar-refractivity contribution >= 4 is 27.8 Å². The van der Waals surface area contributed by atoms with Gasteiger partial charge in [0.2, 0.25) is 0 Å². The van der Waals surface area contributed by atoms with Crippen molar-refractivity contribution in [1.29, 1.82) is 0 Å². The Labute approximate surface area is 126 Å². The van der Waals surface area contributed by atoms with Crippen LogP contribution in [0.3, 0.4) is 0 Å². The Bertz CT molecular complexity index is 545. The SMILES string of the molecule is CC1(C)CCCN(C(=O)c2cncc(Br)c2)C1C(=O)O. The van der Waals surface area contributed by atoms with Gasteiger partial charge in [-0.1, -0.05) is 13.8 Å². The summed E-state index contributed by atoms with van der Waals surface area (Å²) in [6, 6.07) is 0.860. The van der Waals surface area contributed by atoms with Gasteiger partial charge in [-0.15, -0.1) is 0 Å². The van der Waals surface area contributed by atoms with Gasteiger partial charge in [-0.05, 0) is 40.3 Å². The topological polar surface area (TPSA) is 70.5 Å². The van der Waals surface area contributed by atoms with Crippen molar-refractivity contribution in [3.63, 3.8) is 0 Å². The fourth-order valence-corrected chi connectivity index (χ4v) is 3.14. The zero-order chi connectivity index (χ0) is 14.9.